The fourth-order valence-corrected chi connectivity index (χ4v) is 2.73. The maximum atomic E-state index is 13.2. The fraction of sp³-hybridized carbons (Fsp3) is 0.0769. The van der Waals surface area contributed by atoms with E-state index < -0.39 is 11.7 Å². The van der Waals surface area contributed by atoms with E-state index in [1.54, 1.807) is 6.07 Å². The van der Waals surface area contributed by atoms with Gasteiger partial charge in [-0.15, -0.1) is 0 Å². The molecule has 0 aliphatic carbocycles. The molecule has 0 aliphatic heterocycles. The van der Waals surface area contributed by atoms with Crippen LogP contribution in [0.3, 0.4) is 0 Å². The van der Waals surface area contributed by atoms with Gasteiger partial charge in [0.05, 0.1) is 16.8 Å². The summed E-state index contributed by atoms with van der Waals surface area (Å²) in [5, 5.41) is 0. The second-order valence-electron chi connectivity index (χ2n) is 4.31. The first-order chi connectivity index (χ1) is 9.88. The van der Waals surface area contributed by atoms with Crippen LogP contribution in [-0.2, 0) is 6.18 Å². The topological polar surface area (TPSA) is 33.6 Å². The molecule has 0 bridgehead atoms. The van der Waals surface area contributed by atoms with Crippen molar-refractivity contribution in [2.24, 2.45) is 0 Å². The van der Waals surface area contributed by atoms with E-state index in [1.165, 1.54) is 29.0 Å². The third kappa shape index (κ3) is 2.49. The molecule has 1 N–H and O–H groups in total. The summed E-state index contributed by atoms with van der Waals surface area (Å²) in [6.45, 7) is 0. The van der Waals surface area contributed by atoms with Gasteiger partial charge in [-0.25, -0.2) is 4.98 Å². The number of para-hydroxylation sites is 1. The Bertz CT molecular complexity index is 882. The molecule has 8 heteroatoms. The number of hydrogen-bond donors (Lipinski definition) is 1. The lowest BCUT2D eigenvalue weighted by atomic mass is 10.1. The van der Waals surface area contributed by atoms with Gasteiger partial charge in [0.25, 0.3) is 0 Å². The number of fused-ring (bicyclic) bond motifs is 1. The maximum Gasteiger partial charge on any atom is 0.418 e. The Morgan fingerprint density at radius 2 is 1.95 bits per heavy atom. The van der Waals surface area contributed by atoms with Crippen molar-refractivity contribution < 1.29 is 13.2 Å². The molecule has 0 fully saturated rings. The number of hydrogen-bond acceptors (Lipinski definition) is 2. The molecule has 0 unspecified atom stereocenters. The molecule has 3 aromatic rings. The SMILES string of the molecule is FC(F)(F)c1ccccc1-n1c(=S)[nH]c2cc(Br)cnc21. The first-order valence-corrected chi connectivity index (χ1v) is 7.01. The minimum absolute atomic E-state index is 0.0453. The van der Waals surface area contributed by atoms with E-state index in [9.17, 15) is 13.2 Å². The van der Waals surface area contributed by atoms with Crippen LogP contribution in [-0.4, -0.2) is 14.5 Å². The molecule has 0 atom stereocenters. The average molecular weight is 374 g/mol. The van der Waals surface area contributed by atoms with Gasteiger partial charge in [-0.05, 0) is 46.3 Å². The van der Waals surface area contributed by atoms with E-state index in [2.05, 4.69) is 25.9 Å². The van der Waals surface area contributed by atoms with Crippen LogP contribution in [0.1, 0.15) is 5.56 Å². The predicted octanol–water partition coefficient (Wildman–Crippen LogP) is 4.86. The van der Waals surface area contributed by atoms with Crippen molar-refractivity contribution in [1.82, 2.24) is 14.5 Å². The number of pyridine rings is 1. The number of nitrogens with one attached hydrogen (secondary N) is 1. The van der Waals surface area contributed by atoms with Crippen LogP contribution in [0.15, 0.2) is 41.0 Å². The summed E-state index contributed by atoms with van der Waals surface area (Å²) in [5.41, 5.74) is 0.106. The molecule has 0 saturated heterocycles. The molecule has 0 radical (unpaired) electrons. The quantitative estimate of drug-likeness (QED) is 0.617. The molecule has 0 amide bonds. The molecule has 1 aromatic carbocycles. The van der Waals surface area contributed by atoms with E-state index in [-0.39, 0.29) is 10.5 Å². The summed E-state index contributed by atoms with van der Waals surface area (Å²) in [6.07, 6.45) is -2.96. The highest BCUT2D eigenvalue weighted by molar-refractivity contribution is 9.10. The van der Waals surface area contributed by atoms with Crippen molar-refractivity contribution in [3.05, 3.63) is 51.3 Å². The lowest BCUT2D eigenvalue weighted by Crippen LogP contribution is -2.11. The lowest BCUT2D eigenvalue weighted by Gasteiger charge is -2.13. The van der Waals surface area contributed by atoms with Gasteiger partial charge in [0, 0.05) is 10.7 Å². The number of nitrogens with zero attached hydrogens (tertiary/aromatic N) is 2. The normalized spacial score (nSPS) is 12.0. The lowest BCUT2D eigenvalue weighted by molar-refractivity contribution is -0.137. The van der Waals surface area contributed by atoms with Gasteiger partial charge in [-0.2, -0.15) is 13.2 Å². The van der Waals surface area contributed by atoms with Crippen molar-refractivity contribution in [3.63, 3.8) is 0 Å². The minimum Gasteiger partial charge on any atom is -0.329 e. The predicted molar refractivity (Wildman–Crippen MR) is 79.0 cm³/mol. The number of aromatic amines is 1. The summed E-state index contributed by atoms with van der Waals surface area (Å²) in [5.74, 6) is 0. The summed E-state index contributed by atoms with van der Waals surface area (Å²) in [6, 6.07) is 6.98. The van der Waals surface area contributed by atoms with Crippen LogP contribution in [0, 0.1) is 4.77 Å². The van der Waals surface area contributed by atoms with Crippen molar-refractivity contribution >= 4 is 39.3 Å². The summed E-state index contributed by atoms with van der Waals surface area (Å²) >= 11 is 8.41. The molecule has 3 rings (SSSR count). The Morgan fingerprint density at radius 1 is 1.24 bits per heavy atom. The molecular weight excluding hydrogens is 367 g/mol. The monoisotopic (exact) mass is 373 g/mol. The maximum absolute atomic E-state index is 13.2. The van der Waals surface area contributed by atoms with Gasteiger partial charge in [0.2, 0.25) is 0 Å². The van der Waals surface area contributed by atoms with Crippen molar-refractivity contribution in [2.45, 2.75) is 6.18 Å². The Labute approximate surface area is 130 Å². The third-order valence-corrected chi connectivity index (χ3v) is 3.66. The first kappa shape index (κ1) is 14.3. The number of benzene rings is 1. The standard InChI is InChI=1S/C13H7BrF3N3S/c14-7-5-9-11(18-6-7)20(12(21)19-9)10-4-2-1-3-8(10)13(15,16)17/h1-6H,(H,19,21). The average Bonchev–Trinajstić information content (AvgIpc) is 2.72. The highest BCUT2D eigenvalue weighted by atomic mass is 79.9. The highest BCUT2D eigenvalue weighted by Gasteiger charge is 2.34. The molecule has 2 heterocycles. The Morgan fingerprint density at radius 3 is 2.67 bits per heavy atom. The second kappa shape index (κ2) is 4.96. The molecule has 108 valence electrons. The van der Waals surface area contributed by atoms with Crippen molar-refractivity contribution in [2.75, 3.05) is 0 Å². The first-order valence-electron chi connectivity index (χ1n) is 5.81. The number of rotatable bonds is 1. The summed E-state index contributed by atoms with van der Waals surface area (Å²) in [7, 11) is 0. The van der Waals surface area contributed by atoms with E-state index >= 15 is 0 Å². The third-order valence-electron chi connectivity index (χ3n) is 2.94. The zero-order chi connectivity index (χ0) is 15.2. The molecule has 2 aromatic heterocycles. The van der Waals surface area contributed by atoms with Crippen LogP contribution < -0.4 is 0 Å². The van der Waals surface area contributed by atoms with Gasteiger partial charge in [-0.3, -0.25) is 4.57 Å². The Balaban J connectivity index is 2.37. The Hall–Kier alpha value is -1.67. The minimum atomic E-state index is -4.47. The van der Waals surface area contributed by atoms with E-state index in [1.807, 2.05) is 0 Å². The number of halogens is 4. The number of H-pyrrole nitrogens is 1. The van der Waals surface area contributed by atoms with Crippen LogP contribution in [0.25, 0.3) is 16.9 Å². The molecule has 21 heavy (non-hydrogen) atoms. The number of alkyl halides is 3. The van der Waals surface area contributed by atoms with Gasteiger partial charge >= 0.3 is 6.18 Å². The summed E-state index contributed by atoms with van der Waals surface area (Å²) in [4.78, 5) is 7.01. The van der Waals surface area contributed by atoms with Crippen LogP contribution >= 0.6 is 28.1 Å². The number of aromatic nitrogens is 3. The molecular formula is C13H7BrF3N3S. The van der Waals surface area contributed by atoms with Crippen LogP contribution in [0.2, 0.25) is 0 Å². The van der Waals surface area contributed by atoms with E-state index in [0.29, 0.717) is 15.6 Å². The smallest absolute Gasteiger partial charge is 0.329 e. The molecule has 0 aliphatic rings. The van der Waals surface area contributed by atoms with Gasteiger partial charge in [-0.1, -0.05) is 12.1 Å². The van der Waals surface area contributed by atoms with E-state index in [0.717, 1.165) is 6.07 Å². The summed E-state index contributed by atoms with van der Waals surface area (Å²) < 4.78 is 41.6. The molecule has 0 spiro atoms. The second-order valence-corrected chi connectivity index (χ2v) is 5.61. The van der Waals surface area contributed by atoms with Crippen LogP contribution in [0.5, 0.6) is 0 Å². The van der Waals surface area contributed by atoms with Crippen molar-refractivity contribution in [1.29, 1.82) is 0 Å². The fourth-order valence-electron chi connectivity index (χ4n) is 2.10. The van der Waals surface area contributed by atoms with E-state index in [4.69, 9.17) is 12.2 Å². The molecule has 3 nitrogen and oxygen atoms in total. The zero-order valence-electron chi connectivity index (χ0n) is 10.3. The molecule has 0 saturated carbocycles. The highest BCUT2D eigenvalue weighted by Crippen LogP contribution is 2.34. The largest absolute Gasteiger partial charge is 0.418 e. The van der Waals surface area contributed by atoms with Crippen molar-refractivity contribution in [3.8, 4) is 5.69 Å². The number of imidazole rings is 1. The van der Waals surface area contributed by atoms with Gasteiger partial charge in [0.15, 0.2) is 10.4 Å². The Kier molecular flexibility index (Phi) is 3.37. The van der Waals surface area contributed by atoms with Gasteiger partial charge in [0.1, 0.15) is 0 Å². The van der Waals surface area contributed by atoms with Crippen LogP contribution in [0.4, 0.5) is 13.2 Å². The van der Waals surface area contributed by atoms with Gasteiger partial charge < -0.3 is 4.98 Å². The zero-order valence-corrected chi connectivity index (χ0v) is 12.7.